The Morgan fingerprint density at radius 2 is 0.489 bits per heavy atom. The Morgan fingerprint density at radius 1 is 0.239 bits per heavy atom. The Balaban J connectivity index is 0.000000127. The first-order valence-electron chi connectivity index (χ1n) is 30.8. The zero-order valence-electron chi connectivity index (χ0n) is 52.5. The normalized spacial score (nSPS) is 17.8. The molecule has 0 bridgehead atoms. The van der Waals surface area contributed by atoms with Crippen molar-refractivity contribution in [3.8, 4) is 33.4 Å². The Morgan fingerprint density at radius 3 is 0.818 bits per heavy atom. The van der Waals surface area contributed by atoms with E-state index >= 15 is 0 Å². The summed E-state index contributed by atoms with van der Waals surface area (Å²) in [5.41, 5.74) is 8.34. The van der Waals surface area contributed by atoms with Gasteiger partial charge in [-0.1, -0.05) is 218 Å². The van der Waals surface area contributed by atoms with E-state index in [1.807, 2.05) is 18.2 Å². The standard InChI is InChI=1S/C36H31BO2.C24H15Br.C18H28B2O4/c1-35(2)36(3,4)39-37(38-35)28-15-11-14-26(23-28)33-29-16-7-9-18-31(29)34(32-19-10-8-17-30(32)33)27-21-20-24-12-5-6-13-25(24)22-27;25-24-21-11-5-3-9-19(21)23(20-10-4-6-12-22(20)24)18-14-13-16-7-1-2-8-17(16)15-18;1-15(2)16(3,4)22-19(21-15)13-10-9-11-14(12-13)20-23-17(5,6)18(7,8)24-20/h5-23H,1-4H3;1-15H;9-12H,1-8H3. The van der Waals surface area contributed by atoms with Crippen molar-refractivity contribution in [2.24, 2.45) is 0 Å². The van der Waals surface area contributed by atoms with Crippen LogP contribution in [-0.4, -0.2) is 55.0 Å². The predicted molar refractivity (Wildman–Crippen MR) is 376 cm³/mol. The Kier molecular flexibility index (Phi) is 15.3. The molecular formula is C78H74B3BrO6. The molecule has 10 heteroatoms. The van der Waals surface area contributed by atoms with Crippen molar-refractivity contribution in [1.29, 1.82) is 0 Å². The first-order valence-corrected chi connectivity index (χ1v) is 31.6. The molecule has 3 fully saturated rings. The second kappa shape index (κ2) is 22.6. The quantitative estimate of drug-likeness (QED) is 0.122. The van der Waals surface area contributed by atoms with Crippen LogP contribution in [0.1, 0.15) is 83.1 Å². The van der Waals surface area contributed by atoms with Gasteiger partial charge in [-0.2, -0.15) is 0 Å². The highest BCUT2D eigenvalue weighted by Gasteiger charge is 2.54. The van der Waals surface area contributed by atoms with Gasteiger partial charge in [0.05, 0.1) is 33.6 Å². The summed E-state index contributed by atoms with van der Waals surface area (Å²) < 4.78 is 38.6. The minimum absolute atomic E-state index is 0.349. The first-order chi connectivity index (χ1) is 42.0. The molecule has 0 aromatic heterocycles. The van der Waals surface area contributed by atoms with Crippen molar-refractivity contribution < 1.29 is 27.9 Å². The summed E-state index contributed by atoms with van der Waals surface area (Å²) in [5, 5.41) is 15.1. The van der Waals surface area contributed by atoms with Crippen LogP contribution >= 0.6 is 15.9 Å². The largest absolute Gasteiger partial charge is 0.494 e. The van der Waals surface area contributed by atoms with Crippen LogP contribution in [0, 0.1) is 0 Å². The molecule has 0 radical (unpaired) electrons. The molecular weight excluding hydrogens is 1150 g/mol. The molecule has 3 aliphatic heterocycles. The van der Waals surface area contributed by atoms with E-state index in [2.05, 4.69) is 311 Å². The maximum absolute atomic E-state index is 6.41. The van der Waals surface area contributed by atoms with Crippen LogP contribution in [0.5, 0.6) is 0 Å². The fraction of sp³-hybridized carbons (Fsp3) is 0.231. The minimum Gasteiger partial charge on any atom is -0.399 e. The van der Waals surface area contributed by atoms with Gasteiger partial charge in [-0.15, -0.1) is 0 Å². The number of benzene rings is 12. The summed E-state index contributed by atoms with van der Waals surface area (Å²) >= 11 is 3.83. The monoisotopic (exact) mass is 1220 g/mol. The molecule has 12 aromatic rings. The summed E-state index contributed by atoms with van der Waals surface area (Å²) in [6.45, 7) is 24.9. The van der Waals surface area contributed by atoms with E-state index in [-0.39, 0.29) is 47.8 Å². The Hall–Kier alpha value is -7.37. The highest BCUT2D eigenvalue weighted by Crippen LogP contribution is 2.46. The van der Waals surface area contributed by atoms with Crippen molar-refractivity contribution in [2.75, 3.05) is 0 Å². The van der Waals surface area contributed by atoms with Crippen molar-refractivity contribution >= 4 is 118 Å². The van der Waals surface area contributed by atoms with Crippen molar-refractivity contribution in [1.82, 2.24) is 0 Å². The fourth-order valence-corrected chi connectivity index (χ4v) is 13.1. The van der Waals surface area contributed by atoms with E-state index in [1.165, 1.54) is 102 Å². The number of hydrogen-bond donors (Lipinski definition) is 0. The lowest BCUT2D eigenvalue weighted by molar-refractivity contribution is 0.00578. The highest BCUT2D eigenvalue weighted by molar-refractivity contribution is 9.10. The topological polar surface area (TPSA) is 55.4 Å². The van der Waals surface area contributed by atoms with Crippen molar-refractivity contribution in [3.05, 3.63) is 235 Å². The van der Waals surface area contributed by atoms with Gasteiger partial charge in [-0.05, 0) is 226 Å². The zero-order chi connectivity index (χ0) is 61.5. The van der Waals surface area contributed by atoms with Crippen LogP contribution in [0.3, 0.4) is 0 Å². The van der Waals surface area contributed by atoms with Crippen LogP contribution in [0.15, 0.2) is 235 Å². The average Bonchev–Trinajstić information content (AvgIpc) is 1.37. The second-order valence-electron chi connectivity index (χ2n) is 26.8. The molecule has 3 saturated heterocycles. The molecule has 88 heavy (non-hydrogen) atoms. The maximum Gasteiger partial charge on any atom is 0.494 e. The Bertz CT molecular complexity index is 4450. The third-order valence-corrected chi connectivity index (χ3v) is 20.4. The summed E-state index contributed by atoms with van der Waals surface area (Å²) in [6.07, 6.45) is 0. The summed E-state index contributed by atoms with van der Waals surface area (Å²) in [4.78, 5) is 0. The molecule has 0 atom stereocenters. The molecule has 438 valence electrons. The molecule has 12 aromatic carbocycles. The van der Waals surface area contributed by atoms with Gasteiger partial charge in [-0.25, -0.2) is 0 Å². The molecule has 3 aliphatic rings. The highest BCUT2D eigenvalue weighted by atomic mass is 79.9. The summed E-state index contributed by atoms with van der Waals surface area (Å²) in [5.74, 6) is 0. The third-order valence-electron chi connectivity index (χ3n) is 19.5. The van der Waals surface area contributed by atoms with E-state index in [9.17, 15) is 0 Å². The van der Waals surface area contributed by atoms with Gasteiger partial charge >= 0.3 is 21.4 Å². The van der Waals surface area contributed by atoms with Gasteiger partial charge < -0.3 is 27.9 Å². The van der Waals surface area contributed by atoms with E-state index in [1.54, 1.807) is 0 Å². The van der Waals surface area contributed by atoms with Crippen molar-refractivity contribution in [3.63, 3.8) is 0 Å². The molecule has 6 nitrogen and oxygen atoms in total. The summed E-state index contributed by atoms with van der Waals surface area (Å²) in [6, 6.07) is 82.3. The maximum atomic E-state index is 6.41. The van der Waals surface area contributed by atoms with E-state index in [0.717, 1.165) is 16.4 Å². The molecule has 0 aliphatic carbocycles. The van der Waals surface area contributed by atoms with Crippen LogP contribution in [0.25, 0.3) is 98.0 Å². The number of halogens is 1. The molecule has 0 saturated carbocycles. The SMILES string of the molecule is Brc1c2ccccc2c(-c2ccc3ccccc3c2)c2ccccc12.CC1(C)OB(c2cccc(-c3c4ccccc4c(-c4ccc5ccccc5c4)c4ccccc34)c2)OC1(C)C.CC1(C)OB(c2cccc(B3OC(C)(C)C(C)(C)O3)c2)OC1(C)C. The Labute approximate surface area is 528 Å². The number of rotatable bonds is 6. The van der Waals surface area contributed by atoms with Gasteiger partial charge in [-0.3, -0.25) is 0 Å². The molecule has 0 unspecified atom stereocenters. The predicted octanol–water partition coefficient (Wildman–Crippen LogP) is 18.6. The smallest absolute Gasteiger partial charge is 0.399 e. The molecule has 15 rings (SSSR count). The first kappa shape index (κ1) is 59.6. The summed E-state index contributed by atoms with van der Waals surface area (Å²) in [7, 11) is -1.15. The van der Waals surface area contributed by atoms with Crippen LogP contribution in [0.4, 0.5) is 0 Å². The zero-order valence-corrected chi connectivity index (χ0v) is 54.1. The minimum atomic E-state index is -0.399. The van der Waals surface area contributed by atoms with E-state index in [4.69, 9.17) is 27.9 Å². The van der Waals surface area contributed by atoms with Gasteiger partial charge in [0.15, 0.2) is 0 Å². The molecule has 3 heterocycles. The number of hydrogen-bond acceptors (Lipinski definition) is 6. The lowest BCUT2D eigenvalue weighted by atomic mass is 9.72. The van der Waals surface area contributed by atoms with Gasteiger partial charge in [0.2, 0.25) is 0 Å². The molecule has 0 N–H and O–H groups in total. The van der Waals surface area contributed by atoms with Crippen LogP contribution in [-0.2, 0) is 27.9 Å². The second-order valence-corrected chi connectivity index (χ2v) is 27.6. The van der Waals surface area contributed by atoms with Gasteiger partial charge in [0.1, 0.15) is 0 Å². The third kappa shape index (κ3) is 10.8. The lowest BCUT2D eigenvalue weighted by Crippen LogP contribution is -2.41. The van der Waals surface area contributed by atoms with Crippen LogP contribution in [0.2, 0.25) is 0 Å². The van der Waals surface area contributed by atoms with E-state index < -0.39 is 7.12 Å². The lowest BCUT2D eigenvalue weighted by Gasteiger charge is -2.32. The van der Waals surface area contributed by atoms with Gasteiger partial charge in [0.25, 0.3) is 0 Å². The van der Waals surface area contributed by atoms with Crippen LogP contribution < -0.4 is 16.4 Å². The van der Waals surface area contributed by atoms with Gasteiger partial charge in [0, 0.05) is 4.47 Å². The molecule has 0 amide bonds. The fourth-order valence-electron chi connectivity index (χ4n) is 12.5. The molecule has 0 spiro atoms. The van der Waals surface area contributed by atoms with E-state index in [0.29, 0.717) is 0 Å². The number of fused-ring (bicyclic) bond motifs is 6. The average molecular weight is 1220 g/mol. The van der Waals surface area contributed by atoms with Crippen molar-refractivity contribution in [2.45, 2.75) is 117 Å².